The Bertz CT molecular complexity index is 1430. The Morgan fingerprint density at radius 3 is 2.46 bits per heavy atom. The van der Waals surface area contributed by atoms with Crippen LogP contribution in [0.15, 0.2) is 42.9 Å². The third-order valence-corrected chi connectivity index (χ3v) is 7.81. The van der Waals surface area contributed by atoms with Gasteiger partial charge in [0.05, 0.1) is 23.8 Å². The third kappa shape index (κ3) is 5.21. The monoisotopic (exact) mass is 549 g/mol. The van der Waals surface area contributed by atoms with E-state index in [9.17, 15) is 9.90 Å². The lowest BCUT2D eigenvalue weighted by Crippen LogP contribution is -2.51. The Kier molecular flexibility index (Phi) is 7.07. The first kappa shape index (κ1) is 27.4. The minimum Gasteiger partial charge on any atom is -0.444 e. The van der Waals surface area contributed by atoms with E-state index in [1.165, 1.54) is 0 Å². The molecule has 206 valence electrons. The molecule has 1 saturated heterocycles. The molecule has 2 aromatic heterocycles. The topological polar surface area (TPSA) is 83.7 Å². The Morgan fingerprint density at radius 1 is 1.10 bits per heavy atom. The number of aromatic nitrogens is 3. The fourth-order valence-electron chi connectivity index (χ4n) is 5.52. The molecule has 0 spiro atoms. The summed E-state index contributed by atoms with van der Waals surface area (Å²) in [5.74, 6) is 0. The third-order valence-electron chi connectivity index (χ3n) is 7.58. The Labute approximate surface area is 234 Å². The van der Waals surface area contributed by atoms with E-state index in [2.05, 4.69) is 9.88 Å². The predicted molar refractivity (Wildman–Crippen MR) is 152 cm³/mol. The van der Waals surface area contributed by atoms with Crippen LogP contribution in [0, 0.1) is 6.92 Å². The number of aryl methyl sites for hydroxylation is 1. The van der Waals surface area contributed by atoms with Crippen LogP contribution in [-0.4, -0.2) is 67.3 Å². The van der Waals surface area contributed by atoms with Crippen molar-refractivity contribution in [1.82, 2.24) is 24.3 Å². The van der Waals surface area contributed by atoms with Gasteiger partial charge in [-0.1, -0.05) is 23.7 Å². The quantitative estimate of drug-likeness (QED) is 0.484. The lowest BCUT2D eigenvalue weighted by Gasteiger charge is -2.40. The molecule has 1 unspecified atom stereocenters. The second-order valence-corrected chi connectivity index (χ2v) is 12.0. The molecule has 3 heterocycles. The largest absolute Gasteiger partial charge is 0.444 e. The summed E-state index contributed by atoms with van der Waals surface area (Å²) in [6.07, 6.45) is 5.25. The molecule has 1 fully saturated rings. The SMILES string of the molecule is Cc1c(C(C)(O)C2=Cc3cccnc3[C@@H](N3CCN(C(=O)OC(C)(C)C)CC3)c3ccc(Cl)cc32)ncn1C. The number of carbonyl (C=O) groups excluding carboxylic acids is 1. The Balaban J connectivity index is 1.58. The maximum atomic E-state index is 12.7. The zero-order valence-electron chi connectivity index (χ0n) is 23.4. The molecule has 5 rings (SSSR count). The van der Waals surface area contributed by atoms with Gasteiger partial charge in [0.1, 0.15) is 11.2 Å². The zero-order valence-corrected chi connectivity index (χ0v) is 24.2. The maximum Gasteiger partial charge on any atom is 0.410 e. The molecule has 1 N–H and O–H groups in total. The molecule has 39 heavy (non-hydrogen) atoms. The molecule has 9 heteroatoms. The average molecular weight is 550 g/mol. The fraction of sp³-hybridized carbons (Fsp3) is 0.433. The minimum absolute atomic E-state index is 0.191. The maximum absolute atomic E-state index is 12.7. The van der Waals surface area contributed by atoms with Gasteiger partial charge >= 0.3 is 6.09 Å². The van der Waals surface area contributed by atoms with Crippen molar-refractivity contribution in [1.29, 1.82) is 0 Å². The number of aliphatic hydroxyl groups is 1. The van der Waals surface area contributed by atoms with Gasteiger partial charge in [-0.25, -0.2) is 9.78 Å². The van der Waals surface area contributed by atoms with Gasteiger partial charge in [0, 0.05) is 50.1 Å². The summed E-state index contributed by atoms with van der Waals surface area (Å²) in [4.78, 5) is 26.2. The van der Waals surface area contributed by atoms with Gasteiger partial charge in [0.15, 0.2) is 0 Å². The summed E-state index contributed by atoms with van der Waals surface area (Å²) in [5.41, 5.74) is 3.95. The van der Waals surface area contributed by atoms with E-state index in [1.54, 1.807) is 24.3 Å². The van der Waals surface area contributed by atoms with Crippen LogP contribution in [0.25, 0.3) is 11.6 Å². The van der Waals surface area contributed by atoms with Gasteiger partial charge < -0.3 is 19.3 Å². The van der Waals surface area contributed by atoms with Crippen LogP contribution in [0.2, 0.25) is 5.02 Å². The standard InChI is InChI=1S/C30H36ClN5O3/c1-19-27(33-18-34(19)6)30(5,38)24-16-20-8-7-11-32-25(20)26(22-10-9-21(31)17-23(22)24)35-12-14-36(15-13-35)28(37)39-29(2,3)4/h7-11,16-18,26,38H,12-15H2,1-6H3/t26-,30?/m0/s1. The summed E-state index contributed by atoms with van der Waals surface area (Å²) >= 11 is 6.56. The number of imidazole rings is 1. The van der Waals surface area contributed by atoms with Gasteiger partial charge in [-0.2, -0.15) is 0 Å². The first-order valence-corrected chi connectivity index (χ1v) is 13.6. The highest BCUT2D eigenvalue weighted by molar-refractivity contribution is 6.30. The van der Waals surface area contributed by atoms with Crippen LogP contribution in [0.5, 0.6) is 0 Å². The number of hydrogen-bond acceptors (Lipinski definition) is 6. The number of fused-ring (bicyclic) bond motifs is 2. The van der Waals surface area contributed by atoms with E-state index < -0.39 is 11.2 Å². The lowest BCUT2D eigenvalue weighted by molar-refractivity contribution is 0.0117. The molecule has 1 aliphatic carbocycles. The van der Waals surface area contributed by atoms with Crippen molar-refractivity contribution in [3.8, 4) is 0 Å². The van der Waals surface area contributed by atoms with Crippen LogP contribution in [-0.2, 0) is 17.4 Å². The van der Waals surface area contributed by atoms with Crippen LogP contribution in [0.1, 0.15) is 67.5 Å². The van der Waals surface area contributed by atoms with Gasteiger partial charge in [0.25, 0.3) is 0 Å². The first-order valence-electron chi connectivity index (χ1n) is 13.3. The number of halogens is 1. The van der Waals surface area contributed by atoms with E-state index in [-0.39, 0.29) is 12.1 Å². The molecule has 0 radical (unpaired) electrons. The number of nitrogens with zero attached hydrogens (tertiary/aromatic N) is 5. The highest BCUT2D eigenvalue weighted by atomic mass is 35.5. The van der Waals surface area contributed by atoms with Crippen LogP contribution in [0.3, 0.4) is 0 Å². The highest BCUT2D eigenvalue weighted by Gasteiger charge is 2.40. The van der Waals surface area contributed by atoms with Crippen molar-refractivity contribution in [2.45, 2.75) is 51.9 Å². The number of benzene rings is 1. The number of piperazine rings is 1. The zero-order chi connectivity index (χ0) is 28.1. The Morgan fingerprint density at radius 2 is 1.82 bits per heavy atom. The van der Waals surface area contributed by atoms with Gasteiger partial charge in [-0.05, 0) is 81.2 Å². The van der Waals surface area contributed by atoms with E-state index in [4.69, 9.17) is 21.3 Å². The number of rotatable bonds is 3. The summed E-state index contributed by atoms with van der Waals surface area (Å²) < 4.78 is 7.51. The van der Waals surface area contributed by atoms with Crippen LogP contribution in [0.4, 0.5) is 4.79 Å². The van der Waals surface area contributed by atoms with Crippen molar-refractivity contribution in [3.05, 3.63) is 81.7 Å². The summed E-state index contributed by atoms with van der Waals surface area (Å²) in [5, 5.41) is 12.7. The highest BCUT2D eigenvalue weighted by Crippen LogP contribution is 2.46. The van der Waals surface area contributed by atoms with Crippen molar-refractivity contribution < 1.29 is 14.6 Å². The van der Waals surface area contributed by atoms with Gasteiger partial charge in [0.2, 0.25) is 0 Å². The number of amides is 1. The average Bonchev–Trinajstić information content (AvgIpc) is 3.14. The molecule has 2 aliphatic rings. The second kappa shape index (κ2) is 10.1. The summed E-state index contributed by atoms with van der Waals surface area (Å²) in [6, 6.07) is 9.59. The predicted octanol–water partition coefficient (Wildman–Crippen LogP) is 5.18. The summed E-state index contributed by atoms with van der Waals surface area (Å²) in [6.45, 7) is 11.8. The molecule has 0 saturated carbocycles. The fourth-order valence-corrected chi connectivity index (χ4v) is 5.69. The van der Waals surface area contributed by atoms with Crippen molar-refractivity contribution in [2.24, 2.45) is 7.05 Å². The van der Waals surface area contributed by atoms with E-state index in [0.29, 0.717) is 42.5 Å². The van der Waals surface area contributed by atoms with Crippen molar-refractivity contribution in [2.75, 3.05) is 26.2 Å². The van der Waals surface area contributed by atoms with Crippen molar-refractivity contribution >= 4 is 29.3 Å². The number of hydrogen-bond donors (Lipinski definition) is 1. The number of pyridine rings is 1. The van der Waals surface area contributed by atoms with Gasteiger partial charge in [-0.3, -0.25) is 9.88 Å². The molecule has 1 aliphatic heterocycles. The normalized spacial score (nSPS) is 19.4. The van der Waals surface area contributed by atoms with Crippen LogP contribution >= 0.6 is 11.6 Å². The Hall–Kier alpha value is -3.20. The van der Waals surface area contributed by atoms with Crippen LogP contribution < -0.4 is 0 Å². The van der Waals surface area contributed by atoms with Crippen molar-refractivity contribution in [3.63, 3.8) is 0 Å². The lowest BCUT2D eigenvalue weighted by atomic mass is 9.83. The van der Waals surface area contributed by atoms with E-state index in [1.807, 2.05) is 75.7 Å². The molecule has 2 atom stereocenters. The molecule has 1 aromatic carbocycles. The summed E-state index contributed by atoms with van der Waals surface area (Å²) in [7, 11) is 1.92. The molecule has 8 nitrogen and oxygen atoms in total. The molecule has 0 bridgehead atoms. The second-order valence-electron chi connectivity index (χ2n) is 11.5. The molecule has 3 aromatic rings. The first-order chi connectivity index (χ1) is 18.4. The van der Waals surface area contributed by atoms with Gasteiger partial charge in [-0.15, -0.1) is 0 Å². The minimum atomic E-state index is -1.39. The number of ether oxygens (including phenoxy) is 1. The smallest absolute Gasteiger partial charge is 0.410 e. The molecular weight excluding hydrogens is 514 g/mol. The van der Waals surface area contributed by atoms with E-state index >= 15 is 0 Å². The molecular formula is C30H36ClN5O3. The molecule has 1 amide bonds. The van der Waals surface area contributed by atoms with E-state index in [0.717, 1.165) is 28.1 Å². The number of carbonyl (C=O) groups is 1.